The van der Waals surface area contributed by atoms with Gasteiger partial charge in [0, 0.05) is 6.92 Å². The van der Waals surface area contributed by atoms with Gasteiger partial charge in [0.1, 0.15) is 29.6 Å². The van der Waals surface area contributed by atoms with Crippen LogP contribution in [-0.2, 0) is 19.1 Å². The van der Waals surface area contributed by atoms with Crippen LogP contribution in [-0.4, -0.2) is 69.0 Å². The molecular formula is C15H16O10. The fourth-order valence-corrected chi connectivity index (χ4v) is 2.20. The molecule has 0 radical (unpaired) electrons. The number of carbonyl (C=O) groups excluding carboxylic acids is 2. The second kappa shape index (κ2) is 7.57. The summed E-state index contributed by atoms with van der Waals surface area (Å²) < 4.78 is 14.6. The van der Waals surface area contributed by atoms with Crippen molar-refractivity contribution in [2.75, 3.05) is 0 Å². The normalized spacial score (nSPS) is 28.9. The molecule has 0 aliphatic carbocycles. The molecule has 0 amide bonds. The quantitative estimate of drug-likeness (QED) is 0.375. The maximum absolute atomic E-state index is 12.2. The van der Waals surface area contributed by atoms with Crippen LogP contribution >= 0.6 is 0 Å². The summed E-state index contributed by atoms with van der Waals surface area (Å²) in [7, 11) is 0. The number of aliphatic carboxylic acids is 1. The highest BCUT2D eigenvalue weighted by Gasteiger charge is 2.48. The lowest BCUT2D eigenvalue weighted by molar-refractivity contribution is -0.278. The maximum Gasteiger partial charge on any atom is 0.344 e. The highest BCUT2D eigenvalue weighted by Crippen LogP contribution is 2.25. The third kappa shape index (κ3) is 4.12. The second-order valence-corrected chi connectivity index (χ2v) is 5.23. The lowest BCUT2D eigenvalue weighted by Gasteiger charge is -2.37. The van der Waals surface area contributed by atoms with E-state index in [9.17, 15) is 29.7 Å². The summed E-state index contributed by atoms with van der Waals surface area (Å²) in [5, 5.41) is 38.0. The number of carbonyl (C=O) groups is 3. The molecule has 10 nitrogen and oxygen atoms in total. The molecule has 1 fully saturated rings. The average Bonchev–Trinajstić information content (AvgIpc) is 2.54. The van der Waals surface area contributed by atoms with E-state index in [4.69, 9.17) is 19.3 Å². The summed E-state index contributed by atoms with van der Waals surface area (Å²) in [5.41, 5.74) is -0.180. The van der Waals surface area contributed by atoms with E-state index in [0.29, 0.717) is 0 Å². The number of carboxylic acids is 1. The van der Waals surface area contributed by atoms with E-state index in [1.807, 2.05) is 0 Å². The largest absolute Gasteiger partial charge is 0.479 e. The minimum Gasteiger partial charge on any atom is -0.479 e. The van der Waals surface area contributed by atoms with Crippen LogP contribution in [0.15, 0.2) is 24.3 Å². The molecule has 25 heavy (non-hydrogen) atoms. The van der Waals surface area contributed by atoms with Gasteiger partial charge in [-0.05, 0) is 12.1 Å². The number of carboxylic acid groups (broad SMARTS) is 1. The molecule has 1 saturated heterocycles. The van der Waals surface area contributed by atoms with Crippen LogP contribution in [0, 0.1) is 0 Å². The SMILES string of the molecule is CC(=O)Oc1ccccc1C(=O)O[C@@H]1O[C@H](C(=O)O)[C@@H](O)[C@H](O)[C@H]1O. The molecule has 5 atom stereocenters. The summed E-state index contributed by atoms with van der Waals surface area (Å²) in [6.07, 6.45) is -9.44. The molecule has 1 aliphatic heterocycles. The molecular weight excluding hydrogens is 340 g/mol. The van der Waals surface area contributed by atoms with Crippen LogP contribution in [0.25, 0.3) is 0 Å². The van der Waals surface area contributed by atoms with Crippen molar-refractivity contribution in [2.45, 2.75) is 37.6 Å². The van der Waals surface area contributed by atoms with Crippen LogP contribution in [0.1, 0.15) is 17.3 Å². The van der Waals surface area contributed by atoms with Crippen LogP contribution in [0.3, 0.4) is 0 Å². The van der Waals surface area contributed by atoms with Gasteiger partial charge in [-0.1, -0.05) is 12.1 Å². The van der Waals surface area contributed by atoms with Crippen LogP contribution in [0.2, 0.25) is 0 Å². The van der Waals surface area contributed by atoms with E-state index in [1.54, 1.807) is 0 Å². The van der Waals surface area contributed by atoms with Crippen LogP contribution < -0.4 is 4.74 Å². The second-order valence-electron chi connectivity index (χ2n) is 5.23. The van der Waals surface area contributed by atoms with E-state index < -0.39 is 48.6 Å². The van der Waals surface area contributed by atoms with Crippen LogP contribution in [0.4, 0.5) is 0 Å². The Morgan fingerprint density at radius 1 is 1.04 bits per heavy atom. The third-order valence-corrected chi connectivity index (χ3v) is 3.40. The summed E-state index contributed by atoms with van der Waals surface area (Å²) in [6.45, 7) is 1.13. The fraction of sp³-hybridized carbons (Fsp3) is 0.400. The zero-order valence-corrected chi connectivity index (χ0v) is 12.9. The highest BCUT2D eigenvalue weighted by molar-refractivity contribution is 5.93. The van der Waals surface area contributed by atoms with Crippen molar-refractivity contribution in [3.05, 3.63) is 29.8 Å². The van der Waals surface area contributed by atoms with Crippen molar-refractivity contribution in [3.63, 3.8) is 0 Å². The van der Waals surface area contributed by atoms with Gasteiger partial charge in [0.05, 0.1) is 0 Å². The number of aliphatic hydroxyl groups excluding tert-OH is 3. The van der Waals surface area contributed by atoms with Crippen molar-refractivity contribution < 1.29 is 49.0 Å². The van der Waals surface area contributed by atoms with Gasteiger partial charge in [0.15, 0.2) is 6.10 Å². The molecule has 1 aromatic carbocycles. The number of para-hydroxylation sites is 1. The van der Waals surface area contributed by atoms with E-state index >= 15 is 0 Å². The Morgan fingerprint density at radius 3 is 2.28 bits per heavy atom. The van der Waals surface area contributed by atoms with Crippen molar-refractivity contribution in [3.8, 4) is 5.75 Å². The molecule has 0 unspecified atom stereocenters. The number of benzene rings is 1. The number of aliphatic hydroxyl groups is 3. The summed E-state index contributed by atoms with van der Waals surface area (Å²) in [6, 6.07) is 5.56. The number of hydrogen-bond donors (Lipinski definition) is 4. The smallest absolute Gasteiger partial charge is 0.344 e. The molecule has 1 heterocycles. The van der Waals surface area contributed by atoms with Gasteiger partial charge < -0.3 is 34.6 Å². The van der Waals surface area contributed by atoms with Gasteiger partial charge in [0.2, 0.25) is 6.29 Å². The van der Waals surface area contributed by atoms with E-state index in [0.717, 1.165) is 6.92 Å². The first kappa shape index (κ1) is 18.8. The van der Waals surface area contributed by atoms with Crippen molar-refractivity contribution >= 4 is 17.9 Å². The van der Waals surface area contributed by atoms with Gasteiger partial charge in [0.25, 0.3) is 0 Å². The first-order valence-electron chi connectivity index (χ1n) is 7.13. The molecule has 1 aliphatic rings. The lowest BCUT2D eigenvalue weighted by Crippen LogP contribution is -2.60. The molecule has 0 spiro atoms. The van der Waals surface area contributed by atoms with E-state index in [-0.39, 0.29) is 11.3 Å². The van der Waals surface area contributed by atoms with Gasteiger partial charge in [-0.3, -0.25) is 4.79 Å². The van der Waals surface area contributed by atoms with Gasteiger partial charge in [-0.15, -0.1) is 0 Å². The van der Waals surface area contributed by atoms with Gasteiger partial charge in [-0.2, -0.15) is 0 Å². The summed E-state index contributed by atoms with van der Waals surface area (Å²) >= 11 is 0. The third-order valence-electron chi connectivity index (χ3n) is 3.40. The predicted molar refractivity (Wildman–Crippen MR) is 77.5 cm³/mol. The molecule has 136 valence electrons. The zero-order valence-electron chi connectivity index (χ0n) is 12.9. The fourth-order valence-electron chi connectivity index (χ4n) is 2.20. The van der Waals surface area contributed by atoms with E-state index in [2.05, 4.69) is 0 Å². The number of esters is 2. The Bertz CT molecular complexity index is 672. The minimum atomic E-state index is -1.91. The predicted octanol–water partition coefficient (Wildman–Crippen LogP) is -1.34. The minimum absolute atomic E-state index is 0.110. The number of rotatable bonds is 4. The van der Waals surface area contributed by atoms with Crippen molar-refractivity contribution in [1.82, 2.24) is 0 Å². The number of ether oxygens (including phenoxy) is 3. The average molecular weight is 356 g/mol. The van der Waals surface area contributed by atoms with Crippen molar-refractivity contribution in [2.24, 2.45) is 0 Å². The Kier molecular flexibility index (Phi) is 5.69. The molecule has 4 N–H and O–H groups in total. The first-order valence-corrected chi connectivity index (χ1v) is 7.13. The standard InChI is InChI=1S/C15H16O10/c1-6(16)23-8-5-3-2-4-7(8)14(22)25-15-11(19)9(17)10(18)12(24-15)13(20)21/h2-5,9-12,15,17-19H,1H3,(H,20,21)/t9-,10-,11+,12-,15-/m0/s1. The molecule has 1 aromatic rings. The maximum atomic E-state index is 12.2. The zero-order chi connectivity index (χ0) is 18.7. The van der Waals surface area contributed by atoms with E-state index in [1.165, 1.54) is 24.3 Å². The molecule has 0 saturated carbocycles. The Morgan fingerprint density at radius 2 is 1.68 bits per heavy atom. The lowest BCUT2D eigenvalue weighted by atomic mass is 9.99. The van der Waals surface area contributed by atoms with Gasteiger partial charge >= 0.3 is 17.9 Å². The topological polar surface area (TPSA) is 160 Å². The summed E-state index contributed by atoms with van der Waals surface area (Å²) in [5.74, 6) is -3.49. The first-order chi connectivity index (χ1) is 11.7. The Hall–Kier alpha value is -2.53. The molecule has 2 rings (SSSR count). The molecule has 10 heteroatoms. The van der Waals surface area contributed by atoms with Crippen molar-refractivity contribution in [1.29, 1.82) is 0 Å². The Balaban J connectivity index is 2.19. The molecule has 0 aromatic heterocycles. The number of hydrogen-bond acceptors (Lipinski definition) is 9. The monoisotopic (exact) mass is 356 g/mol. The Labute approximate surface area is 141 Å². The summed E-state index contributed by atoms with van der Waals surface area (Å²) in [4.78, 5) is 34.3. The molecule has 0 bridgehead atoms. The van der Waals surface area contributed by atoms with Crippen LogP contribution in [0.5, 0.6) is 5.75 Å². The highest BCUT2D eigenvalue weighted by atomic mass is 16.7. The van der Waals surface area contributed by atoms with Gasteiger partial charge in [-0.25, -0.2) is 9.59 Å².